The average molecular weight is 254 g/mol. The Hall–Kier alpha value is -2.27. The molecule has 0 atom stereocenters. The molecule has 0 unspecified atom stereocenters. The molecule has 0 amide bonds. The minimum atomic E-state index is 0.466. The smallest absolute Gasteiger partial charge is 0.203 e. The molecule has 0 aliphatic rings. The molecule has 0 saturated heterocycles. The van der Waals surface area contributed by atoms with E-state index in [0.717, 1.165) is 21.8 Å². The van der Waals surface area contributed by atoms with E-state index < -0.39 is 0 Å². The van der Waals surface area contributed by atoms with Crippen molar-refractivity contribution in [2.24, 2.45) is 0 Å². The molecule has 2 heterocycles. The third-order valence-corrected chi connectivity index (χ3v) is 3.31. The van der Waals surface area contributed by atoms with Crippen molar-refractivity contribution in [3.05, 3.63) is 48.7 Å². The molecule has 0 saturated carbocycles. The standard InChI is InChI=1S/C13H10N4S/c14-13-17-16-12(18-13)10-7-4-8-15-11(10)9-5-2-1-3-6-9/h1-8H,(H2,14,17). The van der Waals surface area contributed by atoms with Gasteiger partial charge in [0.05, 0.1) is 5.69 Å². The maximum Gasteiger partial charge on any atom is 0.203 e. The predicted octanol–water partition coefficient (Wildman–Crippen LogP) is 2.85. The van der Waals surface area contributed by atoms with Crippen LogP contribution in [-0.2, 0) is 0 Å². The van der Waals surface area contributed by atoms with Gasteiger partial charge in [0, 0.05) is 17.3 Å². The van der Waals surface area contributed by atoms with Gasteiger partial charge < -0.3 is 5.73 Å². The van der Waals surface area contributed by atoms with Crippen LogP contribution >= 0.6 is 11.3 Å². The summed E-state index contributed by atoms with van der Waals surface area (Å²) in [5.74, 6) is 0. The molecule has 0 bridgehead atoms. The number of rotatable bonds is 2. The van der Waals surface area contributed by atoms with Crippen molar-refractivity contribution >= 4 is 16.5 Å². The lowest BCUT2D eigenvalue weighted by Gasteiger charge is -2.05. The van der Waals surface area contributed by atoms with Crippen LogP contribution in [0.2, 0.25) is 0 Å². The normalized spacial score (nSPS) is 10.4. The zero-order chi connectivity index (χ0) is 12.4. The first-order valence-corrected chi connectivity index (χ1v) is 6.26. The fraction of sp³-hybridized carbons (Fsp3) is 0. The molecule has 1 aromatic carbocycles. The number of hydrogen-bond donors (Lipinski definition) is 1. The van der Waals surface area contributed by atoms with Crippen LogP contribution < -0.4 is 5.73 Å². The average Bonchev–Trinajstić information content (AvgIpc) is 2.86. The number of nitrogens with zero attached hydrogens (tertiary/aromatic N) is 3. The Morgan fingerprint density at radius 3 is 2.50 bits per heavy atom. The Morgan fingerprint density at radius 2 is 1.78 bits per heavy atom. The summed E-state index contributed by atoms with van der Waals surface area (Å²) in [5.41, 5.74) is 8.54. The monoisotopic (exact) mass is 254 g/mol. The summed E-state index contributed by atoms with van der Waals surface area (Å²) in [6.07, 6.45) is 1.77. The Morgan fingerprint density at radius 1 is 0.944 bits per heavy atom. The van der Waals surface area contributed by atoms with Crippen LogP contribution in [0.5, 0.6) is 0 Å². The molecule has 0 radical (unpaired) electrons. The molecule has 3 aromatic rings. The molecule has 88 valence electrons. The van der Waals surface area contributed by atoms with Gasteiger partial charge in [0.15, 0.2) is 5.01 Å². The molecule has 3 rings (SSSR count). The van der Waals surface area contributed by atoms with Crippen molar-refractivity contribution in [3.8, 4) is 21.8 Å². The number of nitrogens with two attached hydrogens (primary N) is 1. The van der Waals surface area contributed by atoms with Crippen LogP contribution in [0.15, 0.2) is 48.7 Å². The molecule has 18 heavy (non-hydrogen) atoms. The van der Waals surface area contributed by atoms with Crippen LogP contribution in [0.25, 0.3) is 21.8 Å². The summed E-state index contributed by atoms with van der Waals surface area (Å²) < 4.78 is 0. The topological polar surface area (TPSA) is 64.7 Å². The second-order valence-corrected chi connectivity index (χ2v) is 4.72. The van der Waals surface area contributed by atoms with Crippen molar-refractivity contribution in [1.82, 2.24) is 15.2 Å². The van der Waals surface area contributed by atoms with Crippen LogP contribution in [0, 0.1) is 0 Å². The van der Waals surface area contributed by atoms with E-state index in [4.69, 9.17) is 5.73 Å². The van der Waals surface area contributed by atoms with E-state index in [1.807, 2.05) is 42.5 Å². The molecule has 0 spiro atoms. The highest BCUT2D eigenvalue weighted by atomic mass is 32.1. The van der Waals surface area contributed by atoms with E-state index in [2.05, 4.69) is 15.2 Å². The highest BCUT2D eigenvalue weighted by molar-refractivity contribution is 7.18. The van der Waals surface area contributed by atoms with Gasteiger partial charge in [-0.25, -0.2) is 0 Å². The number of aromatic nitrogens is 3. The summed E-state index contributed by atoms with van der Waals surface area (Å²) >= 11 is 1.37. The first-order valence-electron chi connectivity index (χ1n) is 5.44. The fourth-order valence-corrected chi connectivity index (χ4v) is 2.38. The quantitative estimate of drug-likeness (QED) is 0.763. The second kappa shape index (κ2) is 4.54. The summed E-state index contributed by atoms with van der Waals surface area (Å²) in [5, 5.41) is 9.18. The number of hydrogen-bond acceptors (Lipinski definition) is 5. The Kier molecular flexibility index (Phi) is 2.74. The van der Waals surface area contributed by atoms with Gasteiger partial charge in [-0.1, -0.05) is 41.7 Å². The zero-order valence-corrected chi connectivity index (χ0v) is 10.3. The van der Waals surface area contributed by atoms with Crippen molar-refractivity contribution in [2.45, 2.75) is 0 Å². The third kappa shape index (κ3) is 1.96. The van der Waals surface area contributed by atoms with Gasteiger partial charge in [0.25, 0.3) is 0 Å². The Labute approximate surface area is 108 Å². The van der Waals surface area contributed by atoms with Crippen molar-refractivity contribution in [1.29, 1.82) is 0 Å². The first-order chi connectivity index (χ1) is 8.84. The molecule has 4 nitrogen and oxygen atoms in total. The Balaban J connectivity index is 2.17. The first kappa shape index (κ1) is 10.9. The van der Waals surface area contributed by atoms with Gasteiger partial charge in [-0.2, -0.15) is 0 Å². The third-order valence-electron chi connectivity index (χ3n) is 2.53. The molecule has 0 fully saturated rings. The van der Waals surface area contributed by atoms with Crippen molar-refractivity contribution < 1.29 is 0 Å². The lowest BCUT2D eigenvalue weighted by atomic mass is 10.1. The van der Waals surface area contributed by atoms with Crippen LogP contribution in [-0.4, -0.2) is 15.2 Å². The number of pyridine rings is 1. The largest absolute Gasteiger partial charge is 0.374 e. The molecule has 5 heteroatoms. The van der Waals surface area contributed by atoms with Gasteiger partial charge in [0.2, 0.25) is 5.13 Å². The number of benzene rings is 1. The van der Waals surface area contributed by atoms with E-state index in [0.29, 0.717) is 5.13 Å². The number of anilines is 1. The van der Waals surface area contributed by atoms with Crippen LogP contribution in [0.4, 0.5) is 5.13 Å². The van der Waals surface area contributed by atoms with E-state index in [-0.39, 0.29) is 0 Å². The minimum absolute atomic E-state index is 0.466. The van der Waals surface area contributed by atoms with E-state index in [9.17, 15) is 0 Å². The van der Waals surface area contributed by atoms with Crippen molar-refractivity contribution in [2.75, 3.05) is 5.73 Å². The lowest BCUT2D eigenvalue weighted by Crippen LogP contribution is -1.88. The molecular formula is C13H10N4S. The van der Waals surface area contributed by atoms with Gasteiger partial charge in [-0.3, -0.25) is 4.98 Å². The summed E-state index contributed by atoms with van der Waals surface area (Å²) in [4.78, 5) is 4.43. The highest BCUT2D eigenvalue weighted by Gasteiger charge is 2.11. The van der Waals surface area contributed by atoms with Gasteiger partial charge in [-0.05, 0) is 12.1 Å². The van der Waals surface area contributed by atoms with Gasteiger partial charge >= 0.3 is 0 Å². The maximum absolute atomic E-state index is 5.63. The second-order valence-electron chi connectivity index (χ2n) is 3.71. The molecule has 0 aliphatic heterocycles. The van der Waals surface area contributed by atoms with Crippen LogP contribution in [0.1, 0.15) is 0 Å². The summed E-state index contributed by atoms with van der Waals surface area (Å²) in [6, 6.07) is 13.9. The van der Waals surface area contributed by atoms with Crippen molar-refractivity contribution in [3.63, 3.8) is 0 Å². The Bertz CT molecular complexity index is 664. The van der Waals surface area contributed by atoms with Crippen LogP contribution in [0.3, 0.4) is 0 Å². The summed E-state index contributed by atoms with van der Waals surface area (Å²) in [6.45, 7) is 0. The zero-order valence-electron chi connectivity index (χ0n) is 9.45. The SMILES string of the molecule is Nc1nnc(-c2cccnc2-c2ccccc2)s1. The van der Waals surface area contributed by atoms with E-state index in [1.54, 1.807) is 6.20 Å². The summed E-state index contributed by atoms with van der Waals surface area (Å²) in [7, 11) is 0. The van der Waals surface area contributed by atoms with E-state index >= 15 is 0 Å². The fourth-order valence-electron chi connectivity index (χ4n) is 1.75. The van der Waals surface area contributed by atoms with E-state index in [1.165, 1.54) is 11.3 Å². The van der Waals surface area contributed by atoms with Gasteiger partial charge in [0.1, 0.15) is 0 Å². The molecule has 0 aliphatic carbocycles. The molecule has 2 N–H and O–H groups in total. The number of nitrogen functional groups attached to an aromatic ring is 1. The van der Waals surface area contributed by atoms with Gasteiger partial charge in [-0.15, -0.1) is 10.2 Å². The molecule has 2 aromatic heterocycles. The maximum atomic E-state index is 5.63. The predicted molar refractivity (Wildman–Crippen MR) is 73.0 cm³/mol. The molecular weight excluding hydrogens is 244 g/mol. The lowest BCUT2D eigenvalue weighted by molar-refractivity contribution is 1.10. The minimum Gasteiger partial charge on any atom is -0.374 e. The highest BCUT2D eigenvalue weighted by Crippen LogP contribution is 2.32.